The second-order valence-electron chi connectivity index (χ2n) is 4.08. The van der Waals surface area contributed by atoms with Crippen LogP contribution in [-0.2, 0) is 23.9 Å². The highest BCUT2D eigenvalue weighted by atomic mass is 16.5. The molecule has 1 heterocycles. The number of carbonyl (C=O) groups excluding carboxylic acids is 2. The molecule has 1 rings (SSSR count). The van der Waals surface area contributed by atoms with Gasteiger partial charge in [-0.25, -0.2) is 4.79 Å². The SMILES string of the molecule is COC(=O)C[C@H](NC(=O)CC1CCCO1)C(=O)O. The minimum atomic E-state index is -1.26. The van der Waals surface area contributed by atoms with E-state index in [0.29, 0.717) is 6.61 Å². The van der Waals surface area contributed by atoms with Crippen molar-refractivity contribution in [2.45, 2.75) is 37.8 Å². The fourth-order valence-electron chi connectivity index (χ4n) is 1.72. The molecule has 1 amide bonds. The maximum atomic E-state index is 11.6. The average molecular weight is 259 g/mol. The van der Waals surface area contributed by atoms with E-state index in [-0.39, 0.29) is 18.9 Å². The number of methoxy groups -OCH3 is 1. The molecule has 0 spiro atoms. The molecule has 18 heavy (non-hydrogen) atoms. The van der Waals surface area contributed by atoms with E-state index in [0.717, 1.165) is 20.0 Å². The van der Waals surface area contributed by atoms with E-state index in [4.69, 9.17) is 9.84 Å². The number of carboxylic acids is 1. The molecular formula is C11H17NO6. The van der Waals surface area contributed by atoms with Crippen LogP contribution in [0.2, 0.25) is 0 Å². The highest BCUT2D eigenvalue weighted by Crippen LogP contribution is 2.15. The molecule has 0 aliphatic carbocycles. The smallest absolute Gasteiger partial charge is 0.326 e. The normalized spacial score (nSPS) is 20.2. The van der Waals surface area contributed by atoms with E-state index in [2.05, 4.69) is 10.1 Å². The molecule has 1 saturated heterocycles. The standard InChI is InChI=1S/C11H17NO6/c1-17-10(14)6-8(11(15)16)12-9(13)5-7-3-2-4-18-7/h7-8H,2-6H2,1H3,(H,12,13)(H,15,16)/t7?,8-/m0/s1. The maximum Gasteiger partial charge on any atom is 0.326 e. The summed E-state index contributed by atoms with van der Waals surface area (Å²) in [7, 11) is 1.16. The lowest BCUT2D eigenvalue weighted by Crippen LogP contribution is -2.43. The Bertz CT molecular complexity index is 323. The minimum Gasteiger partial charge on any atom is -0.480 e. The number of amides is 1. The third-order valence-corrected chi connectivity index (χ3v) is 2.67. The highest BCUT2D eigenvalue weighted by Gasteiger charge is 2.26. The van der Waals surface area contributed by atoms with Crippen LogP contribution in [0.1, 0.15) is 25.7 Å². The largest absolute Gasteiger partial charge is 0.480 e. The first-order valence-electron chi connectivity index (χ1n) is 5.73. The second-order valence-corrected chi connectivity index (χ2v) is 4.08. The van der Waals surface area contributed by atoms with Crippen molar-refractivity contribution in [2.75, 3.05) is 13.7 Å². The first kappa shape index (κ1) is 14.4. The molecule has 0 radical (unpaired) electrons. The van der Waals surface area contributed by atoms with Gasteiger partial charge in [0, 0.05) is 6.61 Å². The van der Waals surface area contributed by atoms with Crippen molar-refractivity contribution in [2.24, 2.45) is 0 Å². The molecule has 7 heteroatoms. The molecule has 102 valence electrons. The van der Waals surface area contributed by atoms with Crippen LogP contribution in [0.15, 0.2) is 0 Å². The van der Waals surface area contributed by atoms with Crippen LogP contribution in [0.4, 0.5) is 0 Å². The van der Waals surface area contributed by atoms with Gasteiger partial charge in [0.25, 0.3) is 0 Å². The van der Waals surface area contributed by atoms with Gasteiger partial charge in [-0.15, -0.1) is 0 Å². The molecule has 2 atom stereocenters. The number of ether oxygens (including phenoxy) is 2. The Hall–Kier alpha value is -1.63. The van der Waals surface area contributed by atoms with Gasteiger partial charge in [0.1, 0.15) is 6.04 Å². The van der Waals surface area contributed by atoms with Gasteiger partial charge in [-0.2, -0.15) is 0 Å². The molecule has 2 N–H and O–H groups in total. The Labute approximate surface area is 104 Å². The van der Waals surface area contributed by atoms with Gasteiger partial charge in [0.15, 0.2) is 0 Å². The van der Waals surface area contributed by atoms with Crippen molar-refractivity contribution in [3.05, 3.63) is 0 Å². The van der Waals surface area contributed by atoms with Crippen molar-refractivity contribution < 1.29 is 29.0 Å². The van der Waals surface area contributed by atoms with E-state index in [1.807, 2.05) is 0 Å². The van der Waals surface area contributed by atoms with Gasteiger partial charge in [0.05, 0.1) is 26.1 Å². The fraction of sp³-hybridized carbons (Fsp3) is 0.727. The molecule has 1 unspecified atom stereocenters. The predicted molar refractivity (Wildman–Crippen MR) is 59.8 cm³/mol. The number of aliphatic carboxylic acids is 1. The molecule has 0 aromatic rings. The fourth-order valence-corrected chi connectivity index (χ4v) is 1.72. The number of rotatable bonds is 6. The summed E-state index contributed by atoms with van der Waals surface area (Å²) in [6.45, 7) is 0.627. The second kappa shape index (κ2) is 6.95. The van der Waals surface area contributed by atoms with Gasteiger partial charge in [-0.3, -0.25) is 9.59 Å². The Morgan fingerprint density at radius 2 is 2.22 bits per heavy atom. The molecule has 1 fully saturated rings. The molecule has 0 bridgehead atoms. The summed E-state index contributed by atoms with van der Waals surface area (Å²) in [5, 5.41) is 11.2. The van der Waals surface area contributed by atoms with Gasteiger partial charge in [-0.05, 0) is 12.8 Å². The van der Waals surface area contributed by atoms with Gasteiger partial charge in [-0.1, -0.05) is 0 Å². The maximum absolute atomic E-state index is 11.6. The van der Waals surface area contributed by atoms with Gasteiger partial charge < -0.3 is 19.9 Å². The van der Waals surface area contributed by atoms with Crippen molar-refractivity contribution >= 4 is 17.8 Å². The van der Waals surface area contributed by atoms with Crippen LogP contribution in [0, 0.1) is 0 Å². The molecule has 0 aromatic heterocycles. The molecule has 1 aliphatic rings. The molecule has 1 aliphatic heterocycles. The third kappa shape index (κ3) is 4.70. The van der Waals surface area contributed by atoms with Crippen molar-refractivity contribution in [1.82, 2.24) is 5.32 Å². The zero-order chi connectivity index (χ0) is 13.5. The molecule has 0 aromatic carbocycles. The van der Waals surface area contributed by atoms with Crippen molar-refractivity contribution in [3.8, 4) is 0 Å². The van der Waals surface area contributed by atoms with E-state index >= 15 is 0 Å². The topological polar surface area (TPSA) is 102 Å². The summed E-state index contributed by atoms with van der Waals surface area (Å²) in [6, 6.07) is -1.26. The minimum absolute atomic E-state index is 0.116. The van der Waals surface area contributed by atoms with Crippen molar-refractivity contribution in [1.29, 1.82) is 0 Å². The lowest BCUT2D eigenvalue weighted by Gasteiger charge is -2.15. The first-order chi connectivity index (χ1) is 8.52. The van der Waals surface area contributed by atoms with E-state index < -0.39 is 23.9 Å². The number of carbonyl (C=O) groups is 3. The lowest BCUT2D eigenvalue weighted by molar-refractivity contribution is -0.148. The molecular weight excluding hydrogens is 242 g/mol. The number of hydrogen-bond acceptors (Lipinski definition) is 5. The van der Waals surface area contributed by atoms with Gasteiger partial charge in [0.2, 0.25) is 5.91 Å². The summed E-state index contributed by atoms with van der Waals surface area (Å²) >= 11 is 0. The van der Waals surface area contributed by atoms with Gasteiger partial charge >= 0.3 is 11.9 Å². The Morgan fingerprint density at radius 1 is 1.50 bits per heavy atom. The van der Waals surface area contributed by atoms with Crippen LogP contribution < -0.4 is 5.32 Å². The summed E-state index contributed by atoms with van der Waals surface area (Å²) in [5.41, 5.74) is 0. The van der Waals surface area contributed by atoms with Crippen LogP contribution in [0.3, 0.4) is 0 Å². The third-order valence-electron chi connectivity index (χ3n) is 2.67. The number of carboxylic acid groups (broad SMARTS) is 1. The lowest BCUT2D eigenvalue weighted by atomic mass is 10.1. The Kier molecular flexibility index (Phi) is 5.57. The Balaban J connectivity index is 2.41. The van der Waals surface area contributed by atoms with E-state index in [1.165, 1.54) is 0 Å². The number of nitrogens with one attached hydrogen (secondary N) is 1. The van der Waals surface area contributed by atoms with Crippen LogP contribution in [-0.4, -0.2) is 48.8 Å². The monoisotopic (exact) mass is 259 g/mol. The predicted octanol–water partition coefficient (Wildman–Crippen LogP) is -0.312. The van der Waals surface area contributed by atoms with Crippen LogP contribution in [0.25, 0.3) is 0 Å². The number of hydrogen-bond donors (Lipinski definition) is 2. The highest BCUT2D eigenvalue weighted by molar-refractivity contribution is 5.87. The van der Waals surface area contributed by atoms with Crippen molar-refractivity contribution in [3.63, 3.8) is 0 Å². The average Bonchev–Trinajstić information content (AvgIpc) is 2.80. The van der Waals surface area contributed by atoms with Crippen LogP contribution in [0.5, 0.6) is 0 Å². The van der Waals surface area contributed by atoms with E-state index in [9.17, 15) is 14.4 Å². The molecule has 7 nitrogen and oxygen atoms in total. The zero-order valence-electron chi connectivity index (χ0n) is 10.2. The summed E-state index contributed by atoms with van der Waals surface area (Å²) in [6.07, 6.45) is 1.27. The quantitative estimate of drug-likeness (QED) is 0.634. The van der Waals surface area contributed by atoms with Crippen LogP contribution >= 0.6 is 0 Å². The summed E-state index contributed by atoms with van der Waals surface area (Å²) < 4.78 is 9.64. The molecule has 0 saturated carbocycles. The zero-order valence-corrected chi connectivity index (χ0v) is 10.2. The number of esters is 1. The first-order valence-corrected chi connectivity index (χ1v) is 5.73. The van der Waals surface area contributed by atoms with E-state index in [1.54, 1.807) is 0 Å². The summed E-state index contributed by atoms with van der Waals surface area (Å²) in [4.78, 5) is 33.4. The summed E-state index contributed by atoms with van der Waals surface area (Å²) in [5.74, 6) is -2.38. The Morgan fingerprint density at radius 3 is 2.72 bits per heavy atom.